The van der Waals surface area contributed by atoms with E-state index in [1.807, 2.05) is 35.8 Å². The summed E-state index contributed by atoms with van der Waals surface area (Å²) in [6.07, 6.45) is 0. The summed E-state index contributed by atoms with van der Waals surface area (Å²) in [5, 5.41) is 8.87. The van der Waals surface area contributed by atoms with E-state index in [4.69, 9.17) is 23.2 Å². The van der Waals surface area contributed by atoms with Crippen LogP contribution in [-0.4, -0.2) is 14.8 Å². The minimum absolute atomic E-state index is 0.382. The number of aromatic nitrogens is 3. The molecule has 1 heterocycles. The Labute approximate surface area is 97.7 Å². The third kappa shape index (κ3) is 1.85. The zero-order valence-corrected chi connectivity index (χ0v) is 9.63. The molecule has 0 spiro atoms. The van der Waals surface area contributed by atoms with Gasteiger partial charge in [-0.25, -0.2) is 0 Å². The molecule has 15 heavy (non-hydrogen) atoms. The van der Waals surface area contributed by atoms with E-state index >= 15 is 0 Å². The second kappa shape index (κ2) is 4.21. The predicted molar refractivity (Wildman–Crippen MR) is 61.2 cm³/mol. The van der Waals surface area contributed by atoms with Crippen LogP contribution in [0.25, 0.3) is 11.4 Å². The molecule has 1 aromatic heterocycles. The van der Waals surface area contributed by atoms with Gasteiger partial charge < -0.3 is 0 Å². The molecule has 0 saturated heterocycles. The topological polar surface area (TPSA) is 30.7 Å². The maximum atomic E-state index is 6.07. The lowest BCUT2D eigenvalue weighted by Gasteiger charge is -2.05. The lowest BCUT2D eigenvalue weighted by atomic mass is 10.2. The summed E-state index contributed by atoms with van der Waals surface area (Å²) in [5.41, 5.74) is 0.848. The van der Waals surface area contributed by atoms with Crippen molar-refractivity contribution in [2.45, 2.75) is 13.5 Å². The van der Waals surface area contributed by atoms with Crippen LogP contribution in [-0.2, 0) is 6.54 Å². The number of halogens is 2. The molecule has 0 bridgehead atoms. The molecule has 0 amide bonds. The van der Waals surface area contributed by atoms with Gasteiger partial charge in [0.25, 0.3) is 0 Å². The molecule has 0 unspecified atom stereocenters. The van der Waals surface area contributed by atoms with Crippen molar-refractivity contribution in [2.24, 2.45) is 0 Å². The molecule has 0 atom stereocenters. The number of benzene rings is 1. The van der Waals surface area contributed by atoms with Gasteiger partial charge in [0.15, 0.2) is 5.82 Å². The van der Waals surface area contributed by atoms with Crippen LogP contribution in [0.2, 0.25) is 10.3 Å². The first-order valence-corrected chi connectivity index (χ1v) is 5.33. The van der Waals surface area contributed by atoms with Gasteiger partial charge in [-0.05, 0) is 30.7 Å². The van der Waals surface area contributed by atoms with Gasteiger partial charge in [-0.2, -0.15) is 0 Å². The third-order valence-corrected chi connectivity index (χ3v) is 2.75. The molecule has 0 saturated carbocycles. The Hall–Kier alpha value is -1.06. The van der Waals surface area contributed by atoms with Crippen molar-refractivity contribution in [3.63, 3.8) is 0 Å². The zero-order chi connectivity index (χ0) is 10.8. The summed E-state index contributed by atoms with van der Waals surface area (Å²) in [6, 6.07) is 7.50. The first-order valence-electron chi connectivity index (χ1n) is 4.57. The van der Waals surface area contributed by atoms with Gasteiger partial charge >= 0.3 is 0 Å². The van der Waals surface area contributed by atoms with Gasteiger partial charge in [0.05, 0.1) is 5.02 Å². The molecule has 5 heteroatoms. The quantitative estimate of drug-likeness (QED) is 0.809. The Bertz CT molecular complexity index is 479. The molecule has 0 aliphatic rings. The van der Waals surface area contributed by atoms with Crippen LogP contribution >= 0.6 is 23.2 Å². The van der Waals surface area contributed by atoms with Crippen molar-refractivity contribution in [3.05, 3.63) is 34.6 Å². The Morgan fingerprint density at radius 2 is 1.93 bits per heavy atom. The summed E-state index contributed by atoms with van der Waals surface area (Å²) in [6.45, 7) is 2.70. The Morgan fingerprint density at radius 1 is 1.20 bits per heavy atom. The molecule has 1 aromatic carbocycles. The average Bonchev–Trinajstić information content (AvgIpc) is 2.60. The van der Waals surface area contributed by atoms with E-state index in [0.29, 0.717) is 22.7 Å². The highest BCUT2D eigenvalue weighted by molar-refractivity contribution is 6.33. The van der Waals surface area contributed by atoms with Crippen molar-refractivity contribution in [1.82, 2.24) is 14.8 Å². The molecule has 0 aliphatic carbocycles. The van der Waals surface area contributed by atoms with Crippen LogP contribution in [0, 0.1) is 0 Å². The van der Waals surface area contributed by atoms with Crippen LogP contribution in [0.4, 0.5) is 0 Å². The van der Waals surface area contributed by atoms with Crippen LogP contribution in [0.5, 0.6) is 0 Å². The first kappa shape index (κ1) is 10.5. The third-order valence-electron chi connectivity index (χ3n) is 2.14. The summed E-state index contributed by atoms with van der Waals surface area (Å²) in [4.78, 5) is 0. The van der Waals surface area contributed by atoms with E-state index in [1.165, 1.54) is 0 Å². The Kier molecular flexibility index (Phi) is 2.93. The molecular weight excluding hydrogens is 233 g/mol. The van der Waals surface area contributed by atoms with E-state index < -0.39 is 0 Å². The monoisotopic (exact) mass is 241 g/mol. The van der Waals surface area contributed by atoms with Crippen molar-refractivity contribution >= 4 is 23.2 Å². The average molecular weight is 242 g/mol. The Balaban J connectivity index is 2.59. The SMILES string of the molecule is CCn1c(Cl)nnc1-c1ccccc1Cl. The van der Waals surface area contributed by atoms with Gasteiger partial charge in [0.2, 0.25) is 5.28 Å². The molecule has 0 fully saturated rings. The van der Waals surface area contributed by atoms with Crippen molar-refractivity contribution in [2.75, 3.05) is 0 Å². The second-order valence-corrected chi connectivity index (χ2v) is 3.76. The standard InChI is InChI=1S/C10H9Cl2N3/c1-2-15-9(13-14-10(15)12)7-5-3-4-6-8(7)11/h3-6H,2H2,1H3. The molecular formula is C10H9Cl2N3. The van der Waals surface area contributed by atoms with E-state index in [9.17, 15) is 0 Å². The van der Waals surface area contributed by atoms with Gasteiger partial charge in [0, 0.05) is 12.1 Å². The van der Waals surface area contributed by atoms with E-state index in [-0.39, 0.29) is 0 Å². The Morgan fingerprint density at radius 3 is 2.60 bits per heavy atom. The highest BCUT2D eigenvalue weighted by atomic mass is 35.5. The van der Waals surface area contributed by atoms with Gasteiger partial charge in [-0.3, -0.25) is 4.57 Å². The van der Waals surface area contributed by atoms with Crippen LogP contribution in [0.3, 0.4) is 0 Å². The summed E-state index contributed by atoms with van der Waals surface area (Å²) >= 11 is 12.0. The largest absolute Gasteiger partial charge is 0.298 e. The predicted octanol–water partition coefficient (Wildman–Crippen LogP) is 3.27. The highest BCUT2D eigenvalue weighted by Crippen LogP contribution is 2.27. The minimum Gasteiger partial charge on any atom is -0.298 e. The van der Waals surface area contributed by atoms with E-state index in [1.54, 1.807) is 0 Å². The van der Waals surface area contributed by atoms with Crippen LogP contribution in [0.15, 0.2) is 24.3 Å². The first-order chi connectivity index (χ1) is 7.24. The molecule has 78 valence electrons. The van der Waals surface area contributed by atoms with Crippen molar-refractivity contribution in [3.8, 4) is 11.4 Å². The fraction of sp³-hybridized carbons (Fsp3) is 0.200. The summed E-state index contributed by atoms with van der Waals surface area (Å²) < 4.78 is 1.81. The van der Waals surface area contributed by atoms with Crippen LogP contribution < -0.4 is 0 Å². The van der Waals surface area contributed by atoms with Crippen molar-refractivity contribution in [1.29, 1.82) is 0 Å². The number of hydrogen-bond donors (Lipinski definition) is 0. The summed E-state index contributed by atoms with van der Waals surface area (Å²) in [7, 11) is 0. The molecule has 2 aromatic rings. The molecule has 0 radical (unpaired) electrons. The fourth-order valence-corrected chi connectivity index (χ4v) is 1.86. The number of rotatable bonds is 2. The lowest BCUT2D eigenvalue weighted by Crippen LogP contribution is -1.97. The smallest absolute Gasteiger partial charge is 0.225 e. The van der Waals surface area contributed by atoms with E-state index in [2.05, 4.69) is 10.2 Å². The molecule has 0 aliphatic heterocycles. The normalized spacial score (nSPS) is 10.6. The maximum absolute atomic E-state index is 6.07. The highest BCUT2D eigenvalue weighted by Gasteiger charge is 2.12. The lowest BCUT2D eigenvalue weighted by molar-refractivity contribution is 0.768. The number of nitrogens with zero attached hydrogens (tertiary/aromatic N) is 3. The van der Waals surface area contributed by atoms with Crippen molar-refractivity contribution < 1.29 is 0 Å². The minimum atomic E-state index is 0.382. The molecule has 3 nitrogen and oxygen atoms in total. The molecule has 0 N–H and O–H groups in total. The van der Waals surface area contributed by atoms with Gasteiger partial charge in [-0.1, -0.05) is 23.7 Å². The zero-order valence-electron chi connectivity index (χ0n) is 8.11. The van der Waals surface area contributed by atoms with Crippen LogP contribution in [0.1, 0.15) is 6.92 Å². The maximum Gasteiger partial charge on any atom is 0.225 e. The summed E-state index contributed by atoms with van der Waals surface area (Å²) in [5.74, 6) is 0.702. The van der Waals surface area contributed by atoms with Gasteiger partial charge in [0.1, 0.15) is 0 Å². The van der Waals surface area contributed by atoms with E-state index in [0.717, 1.165) is 5.56 Å². The fourth-order valence-electron chi connectivity index (χ4n) is 1.41. The number of hydrogen-bond acceptors (Lipinski definition) is 2. The second-order valence-electron chi connectivity index (χ2n) is 3.02. The molecule has 2 rings (SSSR count). The van der Waals surface area contributed by atoms with Gasteiger partial charge in [-0.15, -0.1) is 10.2 Å².